The molecule has 9 heteroatoms. The van der Waals surface area contributed by atoms with E-state index >= 15 is 0 Å². The first kappa shape index (κ1) is 26.9. The molecule has 3 N–H and O–H groups in total. The van der Waals surface area contributed by atoms with Crippen molar-refractivity contribution in [3.8, 4) is 0 Å². The quantitative estimate of drug-likeness (QED) is 0.478. The highest BCUT2D eigenvalue weighted by Gasteiger charge is 2.43. The molecule has 3 amide bonds. The van der Waals surface area contributed by atoms with Crippen LogP contribution in [0.15, 0.2) is 54.6 Å². The summed E-state index contributed by atoms with van der Waals surface area (Å²) < 4.78 is 0. The average Bonchev–Trinajstić information content (AvgIpc) is 3.63. The van der Waals surface area contributed by atoms with E-state index in [0.29, 0.717) is 51.7 Å². The molecule has 0 bridgehead atoms. The lowest BCUT2D eigenvalue weighted by atomic mass is 9.95. The third kappa shape index (κ3) is 6.14. The molecule has 9 nitrogen and oxygen atoms in total. The van der Waals surface area contributed by atoms with Crippen molar-refractivity contribution in [1.82, 2.24) is 20.4 Å². The van der Waals surface area contributed by atoms with E-state index in [0.717, 1.165) is 17.5 Å². The molecule has 206 valence electrons. The Kier molecular flexibility index (Phi) is 8.26. The molecule has 39 heavy (non-hydrogen) atoms. The highest BCUT2D eigenvalue weighted by atomic mass is 16.4. The Labute approximate surface area is 228 Å². The molecule has 3 aliphatic heterocycles. The van der Waals surface area contributed by atoms with Crippen molar-refractivity contribution in [2.24, 2.45) is 0 Å². The standard InChI is InChI=1S/C30H36N4O5/c35-27(36)18-23(16-20-8-2-1-3-9-20)32-28(37)25-12-6-14-33(25)30(39)26-13-7-15-34(26)29(38)24-17-21-10-4-5-11-22(21)19-31-24/h1-5,8-11,23-26,31H,6-7,12-19H2,(H,32,37)(H,35,36)/t23-,24-,25-,26-/m0/s1. The smallest absolute Gasteiger partial charge is 0.305 e. The van der Waals surface area contributed by atoms with Gasteiger partial charge in [0.25, 0.3) is 0 Å². The predicted octanol–water partition coefficient (Wildman–Crippen LogP) is 1.89. The summed E-state index contributed by atoms with van der Waals surface area (Å²) in [5.74, 6) is -1.57. The summed E-state index contributed by atoms with van der Waals surface area (Å²) in [6.45, 7) is 1.60. The number of fused-ring (bicyclic) bond motifs is 1. The van der Waals surface area contributed by atoms with Gasteiger partial charge in [-0.15, -0.1) is 0 Å². The Hall–Kier alpha value is -3.72. The van der Waals surface area contributed by atoms with Crippen LogP contribution in [0.2, 0.25) is 0 Å². The molecule has 2 fully saturated rings. The summed E-state index contributed by atoms with van der Waals surface area (Å²) in [6, 6.07) is 15.3. The van der Waals surface area contributed by atoms with Gasteiger partial charge in [-0.3, -0.25) is 19.2 Å². The topological polar surface area (TPSA) is 119 Å². The van der Waals surface area contributed by atoms with Gasteiger partial charge in [0.05, 0.1) is 12.5 Å². The molecule has 0 aliphatic carbocycles. The number of benzene rings is 2. The first-order chi connectivity index (χ1) is 18.9. The number of aliphatic carboxylic acids is 1. The van der Waals surface area contributed by atoms with Gasteiger partial charge in [-0.1, -0.05) is 54.6 Å². The number of hydrogen-bond donors (Lipinski definition) is 3. The van der Waals surface area contributed by atoms with Gasteiger partial charge in [0.1, 0.15) is 12.1 Å². The van der Waals surface area contributed by atoms with Gasteiger partial charge in [0.15, 0.2) is 0 Å². The number of nitrogens with one attached hydrogen (secondary N) is 2. The number of hydrogen-bond acceptors (Lipinski definition) is 5. The fraction of sp³-hybridized carbons (Fsp3) is 0.467. The number of carboxylic acids is 1. The second kappa shape index (κ2) is 12.0. The number of carbonyl (C=O) groups is 4. The van der Waals surface area contributed by atoms with E-state index < -0.39 is 24.1 Å². The van der Waals surface area contributed by atoms with Crippen LogP contribution < -0.4 is 10.6 Å². The molecule has 0 unspecified atom stereocenters. The summed E-state index contributed by atoms with van der Waals surface area (Å²) in [4.78, 5) is 55.4. The van der Waals surface area contributed by atoms with Gasteiger partial charge in [-0.2, -0.15) is 0 Å². The molecule has 2 aromatic rings. The van der Waals surface area contributed by atoms with Crippen LogP contribution in [0.4, 0.5) is 0 Å². The lowest BCUT2D eigenvalue weighted by molar-refractivity contribution is -0.147. The van der Waals surface area contributed by atoms with Gasteiger partial charge in [-0.25, -0.2) is 0 Å². The predicted molar refractivity (Wildman–Crippen MR) is 145 cm³/mol. The average molecular weight is 533 g/mol. The van der Waals surface area contributed by atoms with Crippen LogP contribution in [0.5, 0.6) is 0 Å². The van der Waals surface area contributed by atoms with Crippen LogP contribution in [0.3, 0.4) is 0 Å². The molecule has 2 saturated heterocycles. The molecule has 0 saturated carbocycles. The van der Waals surface area contributed by atoms with Crippen LogP contribution in [-0.4, -0.2) is 75.9 Å². The minimum atomic E-state index is -0.991. The summed E-state index contributed by atoms with van der Waals surface area (Å²) in [5.41, 5.74) is 3.27. The van der Waals surface area contributed by atoms with Gasteiger partial charge in [0, 0.05) is 25.7 Å². The SMILES string of the molecule is O=C(O)C[C@H](Cc1ccccc1)NC(=O)[C@@H]1CCCN1C(=O)[C@@H]1CCCN1C(=O)[C@@H]1Cc2ccccc2CN1. The summed E-state index contributed by atoms with van der Waals surface area (Å²) in [6.07, 6.45) is 3.31. The van der Waals surface area contributed by atoms with E-state index in [1.54, 1.807) is 9.80 Å². The normalized spacial score (nSPS) is 23.2. The molecule has 0 spiro atoms. The lowest BCUT2D eigenvalue weighted by Gasteiger charge is -2.34. The van der Waals surface area contributed by atoms with Crippen molar-refractivity contribution in [2.75, 3.05) is 13.1 Å². The number of likely N-dealkylation sites (tertiary alicyclic amines) is 2. The Bertz CT molecular complexity index is 1220. The van der Waals surface area contributed by atoms with Crippen LogP contribution in [-0.2, 0) is 38.6 Å². The number of amides is 3. The molecule has 3 heterocycles. The van der Waals surface area contributed by atoms with Crippen molar-refractivity contribution in [2.45, 2.75) is 75.7 Å². The molecular weight excluding hydrogens is 496 g/mol. The maximum atomic E-state index is 13.8. The van der Waals surface area contributed by atoms with Crippen LogP contribution >= 0.6 is 0 Å². The minimum absolute atomic E-state index is 0.0649. The van der Waals surface area contributed by atoms with Crippen molar-refractivity contribution in [3.63, 3.8) is 0 Å². The zero-order chi connectivity index (χ0) is 27.4. The van der Waals surface area contributed by atoms with Crippen LogP contribution in [0.25, 0.3) is 0 Å². The summed E-state index contributed by atoms with van der Waals surface area (Å²) >= 11 is 0. The fourth-order valence-corrected chi connectivity index (χ4v) is 6.19. The number of nitrogens with zero attached hydrogens (tertiary/aromatic N) is 2. The Morgan fingerprint density at radius 3 is 2.23 bits per heavy atom. The molecule has 3 aliphatic rings. The van der Waals surface area contributed by atoms with E-state index in [1.807, 2.05) is 48.5 Å². The van der Waals surface area contributed by atoms with Gasteiger partial charge in [-0.05, 0) is 55.2 Å². The number of carbonyl (C=O) groups excluding carboxylic acids is 3. The summed E-state index contributed by atoms with van der Waals surface area (Å²) in [5, 5.41) is 15.7. The minimum Gasteiger partial charge on any atom is -0.481 e. The van der Waals surface area contributed by atoms with E-state index in [4.69, 9.17) is 0 Å². The van der Waals surface area contributed by atoms with Crippen molar-refractivity contribution in [1.29, 1.82) is 0 Å². The van der Waals surface area contributed by atoms with Gasteiger partial charge in [0.2, 0.25) is 17.7 Å². The molecule has 2 aromatic carbocycles. The number of carboxylic acid groups (broad SMARTS) is 1. The second-order valence-electron chi connectivity index (χ2n) is 10.8. The largest absolute Gasteiger partial charge is 0.481 e. The highest BCUT2D eigenvalue weighted by molar-refractivity contribution is 5.94. The Morgan fingerprint density at radius 2 is 1.51 bits per heavy atom. The Morgan fingerprint density at radius 1 is 0.872 bits per heavy atom. The van der Waals surface area contributed by atoms with Crippen LogP contribution in [0.1, 0.15) is 48.8 Å². The molecule has 4 atom stereocenters. The number of rotatable bonds is 8. The highest BCUT2D eigenvalue weighted by Crippen LogP contribution is 2.27. The maximum Gasteiger partial charge on any atom is 0.305 e. The van der Waals surface area contributed by atoms with Gasteiger partial charge >= 0.3 is 5.97 Å². The molecular formula is C30H36N4O5. The zero-order valence-corrected chi connectivity index (χ0v) is 22.1. The third-order valence-electron chi connectivity index (χ3n) is 8.13. The van der Waals surface area contributed by atoms with Crippen molar-refractivity contribution in [3.05, 3.63) is 71.3 Å². The van der Waals surface area contributed by atoms with Crippen LogP contribution in [0, 0.1) is 0 Å². The van der Waals surface area contributed by atoms with E-state index in [-0.39, 0.29) is 30.2 Å². The molecule has 5 rings (SSSR count). The third-order valence-corrected chi connectivity index (χ3v) is 8.13. The zero-order valence-electron chi connectivity index (χ0n) is 22.1. The fourth-order valence-electron chi connectivity index (χ4n) is 6.19. The second-order valence-corrected chi connectivity index (χ2v) is 10.8. The van der Waals surface area contributed by atoms with Crippen molar-refractivity contribution >= 4 is 23.7 Å². The Balaban J connectivity index is 1.24. The maximum absolute atomic E-state index is 13.8. The molecule has 0 radical (unpaired) electrons. The van der Waals surface area contributed by atoms with Crippen molar-refractivity contribution < 1.29 is 24.3 Å². The van der Waals surface area contributed by atoms with E-state index in [9.17, 15) is 24.3 Å². The van der Waals surface area contributed by atoms with Gasteiger partial charge < -0.3 is 25.5 Å². The van der Waals surface area contributed by atoms with E-state index in [1.165, 1.54) is 5.56 Å². The first-order valence-electron chi connectivity index (χ1n) is 13.9. The lowest BCUT2D eigenvalue weighted by Crippen LogP contribution is -2.57. The van der Waals surface area contributed by atoms with E-state index in [2.05, 4.69) is 16.7 Å². The first-order valence-corrected chi connectivity index (χ1v) is 13.9. The molecule has 0 aromatic heterocycles. The summed E-state index contributed by atoms with van der Waals surface area (Å²) in [7, 11) is 0. The monoisotopic (exact) mass is 532 g/mol.